The van der Waals surface area contributed by atoms with Gasteiger partial charge in [-0.2, -0.15) is 0 Å². The molecule has 1 aromatic carbocycles. The normalized spacial score (nSPS) is 11.2. The Kier molecular flexibility index (Phi) is 3.81. The number of nitrogens with zero attached hydrogens (tertiary/aromatic N) is 1. The molecular weight excluding hydrogens is 370 g/mol. The number of halogens is 2. The van der Waals surface area contributed by atoms with Crippen molar-refractivity contribution in [1.29, 1.82) is 0 Å². The second kappa shape index (κ2) is 5.19. The van der Waals surface area contributed by atoms with Crippen molar-refractivity contribution in [2.75, 3.05) is 4.72 Å². The SMILES string of the molecule is O=S(=O)(Nc1ccc(F)cc1I)c1cccnc1. The summed E-state index contributed by atoms with van der Waals surface area (Å²) >= 11 is 1.86. The molecule has 1 N–H and O–H groups in total. The van der Waals surface area contributed by atoms with E-state index in [0.29, 0.717) is 9.26 Å². The van der Waals surface area contributed by atoms with Gasteiger partial charge in [-0.25, -0.2) is 12.8 Å². The molecule has 0 saturated carbocycles. The van der Waals surface area contributed by atoms with E-state index >= 15 is 0 Å². The summed E-state index contributed by atoms with van der Waals surface area (Å²) in [7, 11) is -3.69. The summed E-state index contributed by atoms with van der Waals surface area (Å²) in [5, 5.41) is 0. The number of hydrogen-bond acceptors (Lipinski definition) is 3. The van der Waals surface area contributed by atoms with Crippen LogP contribution in [0.1, 0.15) is 0 Å². The van der Waals surface area contributed by atoms with Crippen LogP contribution in [0.4, 0.5) is 10.1 Å². The third-order valence-corrected chi connectivity index (χ3v) is 4.36. The van der Waals surface area contributed by atoms with Crippen molar-refractivity contribution >= 4 is 38.3 Å². The Bertz CT molecular complexity index is 662. The molecule has 4 nitrogen and oxygen atoms in total. The molecule has 94 valence electrons. The van der Waals surface area contributed by atoms with E-state index in [-0.39, 0.29) is 4.90 Å². The first kappa shape index (κ1) is 13.2. The molecule has 1 aromatic heterocycles. The van der Waals surface area contributed by atoms with Gasteiger partial charge in [0.25, 0.3) is 10.0 Å². The highest BCUT2D eigenvalue weighted by Gasteiger charge is 2.15. The summed E-state index contributed by atoms with van der Waals surface area (Å²) in [6.07, 6.45) is 2.74. The largest absolute Gasteiger partial charge is 0.279 e. The highest BCUT2D eigenvalue weighted by Crippen LogP contribution is 2.22. The molecule has 0 saturated heterocycles. The van der Waals surface area contributed by atoms with E-state index in [9.17, 15) is 12.8 Å². The van der Waals surface area contributed by atoms with E-state index in [1.807, 2.05) is 22.6 Å². The summed E-state index contributed by atoms with van der Waals surface area (Å²) in [5.41, 5.74) is 0.334. The zero-order valence-corrected chi connectivity index (χ0v) is 11.9. The molecule has 0 radical (unpaired) electrons. The van der Waals surface area contributed by atoms with Crippen LogP contribution in [0.2, 0.25) is 0 Å². The maximum atomic E-state index is 12.9. The lowest BCUT2D eigenvalue weighted by molar-refractivity contribution is 0.600. The minimum absolute atomic E-state index is 0.0603. The van der Waals surface area contributed by atoms with Crippen molar-refractivity contribution in [2.45, 2.75) is 4.90 Å². The molecule has 0 amide bonds. The Morgan fingerprint density at radius 2 is 2.06 bits per heavy atom. The minimum atomic E-state index is -3.69. The number of sulfonamides is 1. The molecule has 0 atom stereocenters. The van der Waals surface area contributed by atoms with Crippen molar-refractivity contribution in [2.24, 2.45) is 0 Å². The van der Waals surface area contributed by atoms with Crippen LogP contribution < -0.4 is 4.72 Å². The lowest BCUT2D eigenvalue weighted by Crippen LogP contribution is -2.14. The number of hydrogen-bond donors (Lipinski definition) is 1. The molecule has 0 fully saturated rings. The van der Waals surface area contributed by atoms with Crippen LogP contribution in [0.15, 0.2) is 47.6 Å². The van der Waals surface area contributed by atoms with Crippen LogP contribution in [0.25, 0.3) is 0 Å². The van der Waals surface area contributed by atoms with Gasteiger partial charge < -0.3 is 0 Å². The van der Waals surface area contributed by atoms with Gasteiger partial charge in [0.15, 0.2) is 0 Å². The van der Waals surface area contributed by atoms with Gasteiger partial charge in [0.1, 0.15) is 10.7 Å². The maximum absolute atomic E-state index is 12.9. The van der Waals surface area contributed by atoms with Gasteiger partial charge in [0.2, 0.25) is 0 Å². The predicted molar refractivity (Wildman–Crippen MR) is 74.2 cm³/mol. The Hall–Kier alpha value is -1.22. The molecule has 2 rings (SSSR count). The smallest absolute Gasteiger partial charge is 0.263 e. The lowest BCUT2D eigenvalue weighted by atomic mass is 10.3. The molecule has 0 spiro atoms. The quantitative estimate of drug-likeness (QED) is 0.836. The number of aromatic nitrogens is 1. The highest BCUT2D eigenvalue weighted by atomic mass is 127. The average Bonchev–Trinajstić information content (AvgIpc) is 2.34. The molecule has 0 aliphatic carbocycles. The van der Waals surface area contributed by atoms with E-state index in [4.69, 9.17) is 0 Å². The zero-order chi connectivity index (χ0) is 13.2. The Morgan fingerprint density at radius 3 is 2.67 bits per heavy atom. The average molecular weight is 378 g/mol. The van der Waals surface area contributed by atoms with Gasteiger partial charge in [0, 0.05) is 16.0 Å². The highest BCUT2D eigenvalue weighted by molar-refractivity contribution is 14.1. The Labute approximate surface area is 117 Å². The van der Waals surface area contributed by atoms with Crippen molar-refractivity contribution in [1.82, 2.24) is 4.98 Å². The fraction of sp³-hybridized carbons (Fsp3) is 0. The van der Waals surface area contributed by atoms with Crippen LogP contribution in [-0.4, -0.2) is 13.4 Å². The zero-order valence-electron chi connectivity index (χ0n) is 8.97. The molecule has 7 heteroatoms. The van der Waals surface area contributed by atoms with Crippen LogP contribution in [-0.2, 0) is 10.0 Å². The fourth-order valence-electron chi connectivity index (χ4n) is 1.28. The molecule has 2 aromatic rings. The summed E-state index contributed by atoms with van der Waals surface area (Å²) < 4.78 is 39.8. The number of nitrogens with one attached hydrogen (secondary N) is 1. The van der Waals surface area contributed by atoms with Crippen LogP contribution in [0.5, 0.6) is 0 Å². The summed E-state index contributed by atoms with van der Waals surface area (Å²) in [6.45, 7) is 0. The third kappa shape index (κ3) is 2.96. The van der Waals surface area contributed by atoms with E-state index in [2.05, 4.69) is 9.71 Å². The van der Waals surface area contributed by atoms with Gasteiger partial charge in [-0.1, -0.05) is 0 Å². The fourth-order valence-corrected chi connectivity index (χ4v) is 3.12. The molecule has 0 aliphatic rings. The van der Waals surface area contributed by atoms with E-state index in [0.717, 1.165) is 0 Å². The van der Waals surface area contributed by atoms with E-state index in [1.165, 1.54) is 42.7 Å². The Morgan fingerprint density at radius 1 is 1.28 bits per heavy atom. The number of rotatable bonds is 3. The molecule has 0 bridgehead atoms. The molecule has 0 aliphatic heterocycles. The summed E-state index contributed by atoms with van der Waals surface area (Å²) in [6, 6.07) is 6.80. The third-order valence-electron chi connectivity index (χ3n) is 2.12. The first-order valence-corrected chi connectivity index (χ1v) is 7.43. The standard InChI is InChI=1S/C11H8FIN2O2S/c12-8-3-4-11(10(13)6-8)15-18(16,17)9-2-1-5-14-7-9/h1-7,15H. The minimum Gasteiger partial charge on any atom is -0.279 e. The van der Waals surface area contributed by atoms with Crippen LogP contribution in [0.3, 0.4) is 0 Å². The summed E-state index contributed by atoms with van der Waals surface area (Å²) in [4.78, 5) is 3.81. The van der Waals surface area contributed by atoms with Gasteiger partial charge in [-0.05, 0) is 52.9 Å². The van der Waals surface area contributed by atoms with Crippen molar-refractivity contribution in [3.05, 3.63) is 52.1 Å². The van der Waals surface area contributed by atoms with Crippen molar-refractivity contribution < 1.29 is 12.8 Å². The Balaban J connectivity index is 2.34. The summed E-state index contributed by atoms with van der Waals surface area (Å²) in [5.74, 6) is -0.413. The monoisotopic (exact) mass is 378 g/mol. The van der Waals surface area contributed by atoms with Crippen LogP contribution in [0, 0.1) is 9.39 Å². The van der Waals surface area contributed by atoms with Gasteiger partial charge in [-0.3, -0.25) is 9.71 Å². The topological polar surface area (TPSA) is 59.1 Å². The van der Waals surface area contributed by atoms with Crippen molar-refractivity contribution in [3.8, 4) is 0 Å². The maximum Gasteiger partial charge on any atom is 0.263 e. The van der Waals surface area contributed by atoms with Crippen LogP contribution >= 0.6 is 22.6 Å². The first-order chi connectivity index (χ1) is 8.49. The lowest BCUT2D eigenvalue weighted by Gasteiger charge is -2.09. The van der Waals surface area contributed by atoms with E-state index in [1.54, 1.807) is 0 Å². The number of pyridine rings is 1. The number of anilines is 1. The molecule has 1 heterocycles. The van der Waals surface area contributed by atoms with E-state index < -0.39 is 15.8 Å². The first-order valence-electron chi connectivity index (χ1n) is 4.87. The van der Waals surface area contributed by atoms with Gasteiger partial charge in [-0.15, -0.1) is 0 Å². The molecule has 18 heavy (non-hydrogen) atoms. The molecular formula is C11H8FIN2O2S. The molecule has 0 unspecified atom stereocenters. The second-order valence-electron chi connectivity index (χ2n) is 3.42. The van der Waals surface area contributed by atoms with Crippen molar-refractivity contribution in [3.63, 3.8) is 0 Å². The van der Waals surface area contributed by atoms with Gasteiger partial charge >= 0.3 is 0 Å². The number of benzene rings is 1. The second-order valence-corrected chi connectivity index (χ2v) is 6.26. The predicted octanol–water partition coefficient (Wildman–Crippen LogP) is 2.63. The van der Waals surface area contributed by atoms with Gasteiger partial charge in [0.05, 0.1) is 5.69 Å².